The molecule has 0 fully saturated rings. The fourth-order valence-corrected chi connectivity index (χ4v) is 2.68. The van der Waals surface area contributed by atoms with Crippen LogP contribution in [0.5, 0.6) is 0 Å². The molecule has 2 aromatic carbocycles. The molecule has 0 heterocycles. The summed E-state index contributed by atoms with van der Waals surface area (Å²) < 4.78 is 13.7. The van der Waals surface area contributed by atoms with Crippen LogP contribution in [0.1, 0.15) is 23.3 Å². The van der Waals surface area contributed by atoms with Gasteiger partial charge in [0.1, 0.15) is 5.82 Å². The van der Waals surface area contributed by atoms with E-state index in [4.69, 9.17) is 23.2 Å². The van der Waals surface area contributed by atoms with Gasteiger partial charge in [0.2, 0.25) is 0 Å². The molecule has 0 aliphatic carbocycles. The molecule has 0 aliphatic rings. The monoisotopic (exact) mass is 395 g/mol. The molecule has 0 amide bonds. The molecule has 0 radical (unpaired) electrons. The maximum Gasteiger partial charge on any atom is 1.00 e. The first-order valence-electron chi connectivity index (χ1n) is 6.72. The zero-order valence-electron chi connectivity index (χ0n) is 12.8. The number of aliphatic hydroxyl groups excluding tert-OH is 1. The number of halogens is 3. The van der Waals surface area contributed by atoms with Gasteiger partial charge in [-0.15, -0.1) is 0 Å². The minimum atomic E-state index is -1.50. The first-order valence-corrected chi connectivity index (χ1v) is 7.47. The maximum absolute atomic E-state index is 13.7. The van der Waals surface area contributed by atoms with Crippen molar-refractivity contribution >= 4 is 29.2 Å². The molecule has 2 atom stereocenters. The summed E-state index contributed by atoms with van der Waals surface area (Å²) in [7, 11) is 0. The normalized spacial score (nSPS) is 13.0. The number of carbonyl (C=O) groups excluding carboxylic acids is 1. The van der Waals surface area contributed by atoms with E-state index in [1.807, 2.05) is 0 Å². The smallest absolute Gasteiger partial charge is 0.548 e. The molecule has 0 saturated carbocycles. The van der Waals surface area contributed by atoms with E-state index < -0.39 is 23.9 Å². The number of hydrogen-bond donors (Lipinski definition) is 2. The molecule has 0 spiro atoms. The minimum absolute atomic E-state index is 0. The van der Waals surface area contributed by atoms with Crippen molar-refractivity contribution in [3.8, 4) is 0 Å². The van der Waals surface area contributed by atoms with Crippen molar-refractivity contribution in [2.45, 2.75) is 12.1 Å². The van der Waals surface area contributed by atoms with Crippen molar-refractivity contribution < 1.29 is 70.8 Å². The van der Waals surface area contributed by atoms with Gasteiger partial charge in [-0.3, -0.25) is 0 Å². The number of aliphatic carboxylic acids is 1. The Bertz CT molecular complexity index is 717. The largest absolute Gasteiger partial charge is 1.00 e. The van der Waals surface area contributed by atoms with Crippen LogP contribution >= 0.6 is 23.2 Å². The molecule has 2 rings (SSSR count). The Balaban J connectivity index is 0.00000288. The topological polar surface area (TPSA) is 72.4 Å². The second-order valence-electron chi connectivity index (χ2n) is 4.86. The third kappa shape index (κ3) is 5.76. The van der Waals surface area contributed by atoms with E-state index in [2.05, 4.69) is 5.32 Å². The number of nitrogens with one attached hydrogen (secondary N) is 1. The van der Waals surface area contributed by atoms with Crippen LogP contribution in [0.15, 0.2) is 42.5 Å². The maximum atomic E-state index is 13.7. The average Bonchev–Trinajstić information content (AvgIpc) is 2.48. The zero-order valence-corrected chi connectivity index (χ0v) is 17.4. The quantitative estimate of drug-likeness (QED) is 0.631. The van der Waals surface area contributed by atoms with Crippen LogP contribution in [-0.2, 0) is 4.79 Å². The second kappa shape index (κ2) is 10.2. The number of benzene rings is 2. The standard InChI is InChI=1S/C16H14Cl2FNO3.K/c17-9-5-6-10(12(18)7-9)14(21)8-20-15(16(22)23)11-3-1-2-4-13(11)19;/h1-7,14-15,20-21H,8H2,(H,22,23);/q;+1/p-1. The molecule has 122 valence electrons. The summed E-state index contributed by atoms with van der Waals surface area (Å²) in [6.07, 6.45) is -1.09. The van der Waals surface area contributed by atoms with E-state index in [0.29, 0.717) is 10.6 Å². The van der Waals surface area contributed by atoms with Crippen LogP contribution in [0.3, 0.4) is 0 Å². The third-order valence-corrected chi connectivity index (χ3v) is 3.85. The summed E-state index contributed by atoms with van der Waals surface area (Å²) in [6.45, 7) is -0.158. The van der Waals surface area contributed by atoms with Crippen molar-refractivity contribution in [1.29, 1.82) is 0 Å². The number of rotatable bonds is 6. The second-order valence-corrected chi connectivity index (χ2v) is 5.71. The van der Waals surface area contributed by atoms with Gasteiger partial charge < -0.3 is 20.3 Å². The Hall–Kier alpha value is -0.0236. The van der Waals surface area contributed by atoms with Crippen molar-refractivity contribution in [3.05, 3.63) is 69.5 Å². The summed E-state index contributed by atoms with van der Waals surface area (Å²) in [4.78, 5) is 11.2. The van der Waals surface area contributed by atoms with Gasteiger partial charge in [-0.25, -0.2) is 4.39 Å². The molecule has 2 N–H and O–H groups in total. The molecule has 2 aromatic rings. The first-order chi connectivity index (χ1) is 10.9. The number of carboxylic acid groups (broad SMARTS) is 1. The molecule has 2 unspecified atom stereocenters. The predicted octanol–water partition coefficient (Wildman–Crippen LogP) is -0.749. The first kappa shape index (κ1) is 22.0. The van der Waals surface area contributed by atoms with Crippen LogP contribution in [0.2, 0.25) is 10.0 Å². The molecule has 8 heteroatoms. The van der Waals surface area contributed by atoms with Crippen molar-refractivity contribution in [2.75, 3.05) is 6.54 Å². The predicted molar refractivity (Wildman–Crippen MR) is 83.6 cm³/mol. The Labute approximate surface area is 191 Å². The van der Waals surface area contributed by atoms with Gasteiger partial charge in [-0.05, 0) is 18.2 Å². The molecule has 0 bridgehead atoms. The van der Waals surface area contributed by atoms with Crippen LogP contribution in [-0.4, -0.2) is 17.6 Å². The SMILES string of the molecule is O=C([O-])C(NCC(O)c1ccc(Cl)cc1Cl)c1ccccc1F.[K+]. The van der Waals surface area contributed by atoms with Gasteiger partial charge in [0.05, 0.1) is 18.1 Å². The van der Waals surface area contributed by atoms with E-state index >= 15 is 0 Å². The average molecular weight is 396 g/mol. The van der Waals surface area contributed by atoms with E-state index in [1.165, 1.54) is 30.3 Å². The van der Waals surface area contributed by atoms with Gasteiger partial charge in [-0.2, -0.15) is 0 Å². The van der Waals surface area contributed by atoms with Crippen LogP contribution < -0.4 is 61.8 Å². The molecule has 0 aromatic heterocycles. The molecular formula is C16H13Cl2FKNO3. The van der Waals surface area contributed by atoms with Gasteiger partial charge in [0.15, 0.2) is 0 Å². The summed E-state index contributed by atoms with van der Waals surface area (Å²) in [5.41, 5.74) is 0.316. The van der Waals surface area contributed by atoms with Crippen molar-refractivity contribution in [2.24, 2.45) is 0 Å². The molecule has 0 saturated heterocycles. The molecular weight excluding hydrogens is 383 g/mol. The number of carbonyl (C=O) groups is 1. The Morgan fingerprint density at radius 3 is 2.46 bits per heavy atom. The Morgan fingerprint density at radius 2 is 1.88 bits per heavy atom. The van der Waals surface area contributed by atoms with Crippen LogP contribution in [0.25, 0.3) is 0 Å². The Kier molecular flexibility index (Phi) is 9.36. The number of hydrogen-bond acceptors (Lipinski definition) is 4. The van der Waals surface area contributed by atoms with Crippen molar-refractivity contribution in [1.82, 2.24) is 5.32 Å². The fraction of sp³-hybridized carbons (Fsp3) is 0.188. The molecule has 0 aliphatic heterocycles. The van der Waals surface area contributed by atoms with Crippen LogP contribution in [0, 0.1) is 5.82 Å². The number of aliphatic hydroxyl groups is 1. The van der Waals surface area contributed by atoms with Crippen molar-refractivity contribution in [3.63, 3.8) is 0 Å². The van der Waals surface area contributed by atoms with E-state index in [1.54, 1.807) is 6.07 Å². The fourth-order valence-electron chi connectivity index (χ4n) is 2.14. The summed E-state index contributed by atoms with van der Waals surface area (Å²) in [6, 6.07) is 8.62. The Morgan fingerprint density at radius 1 is 1.21 bits per heavy atom. The molecule has 24 heavy (non-hydrogen) atoms. The summed E-state index contributed by atoms with van der Waals surface area (Å²) >= 11 is 11.8. The van der Waals surface area contributed by atoms with Gasteiger partial charge in [-0.1, -0.05) is 47.5 Å². The van der Waals surface area contributed by atoms with Gasteiger partial charge >= 0.3 is 51.4 Å². The minimum Gasteiger partial charge on any atom is -0.548 e. The van der Waals surface area contributed by atoms with Gasteiger partial charge in [0, 0.05) is 27.7 Å². The summed E-state index contributed by atoms with van der Waals surface area (Å²) in [5.74, 6) is -2.17. The van der Waals surface area contributed by atoms with Gasteiger partial charge in [0.25, 0.3) is 0 Å². The zero-order chi connectivity index (χ0) is 17.0. The molecule has 4 nitrogen and oxygen atoms in total. The van der Waals surface area contributed by atoms with E-state index in [-0.39, 0.29) is 68.5 Å². The third-order valence-electron chi connectivity index (χ3n) is 3.29. The van der Waals surface area contributed by atoms with Crippen LogP contribution in [0.4, 0.5) is 4.39 Å². The van der Waals surface area contributed by atoms with E-state index in [0.717, 1.165) is 6.07 Å². The van der Waals surface area contributed by atoms with E-state index in [9.17, 15) is 19.4 Å². The number of carboxylic acids is 1. The summed E-state index contributed by atoms with van der Waals surface area (Å²) in [5, 5.41) is 24.6.